The molecule has 3 rings (SSSR count). The fraction of sp³-hybridized carbons (Fsp3) is 0. The summed E-state index contributed by atoms with van der Waals surface area (Å²) >= 11 is 0. The molecule has 0 amide bonds. The maximum Gasteiger partial charge on any atom is 0.352 e. The molecule has 4 nitrogen and oxygen atoms in total. The van der Waals surface area contributed by atoms with E-state index in [9.17, 15) is 4.79 Å². The zero-order chi connectivity index (χ0) is 11.1. The fourth-order valence-corrected chi connectivity index (χ4v) is 1.90. The van der Waals surface area contributed by atoms with Crippen LogP contribution in [0.1, 0.15) is 10.5 Å². The van der Waals surface area contributed by atoms with Crippen LogP contribution < -0.4 is 4.98 Å². The molecule has 16 heavy (non-hydrogen) atoms. The van der Waals surface area contributed by atoms with E-state index in [-0.39, 0.29) is 5.69 Å². The van der Waals surface area contributed by atoms with Crippen LogP contribution in [0.4, 0.5) is 0 Å². The van der Waals surface area contributed by atoms with E-state index in [1.54, 1.807) is 6.07 Å². The van der Waals surface area contributed by atoms with Crippen LogP contribution >= 0.6 is 0 Å². The predicted molar refractivity (Wildman–Crippen MR) is 59.3 cm³/mol. The molecule has 0 aliphatic carbocycles. The van der Waals surface area contributed by atoms with Crippen molar-refractivity contribution in [2.75, 3.05) is 0 Å². The molecule has 78 valence electrons. The Bertz CT molecular complexity index is 700. The summed E-state index contributed by atoms with van der Waals surface area (Å²) in [5.41, 5.74) is 2.03. The van der Waals surface area contributed by atoms with Gasteiger partial charge in [-0.15, -0.1) is 0 Å². The van der Waals surface area contributed by atoms with Gasteiger partial charge in [-0.1, -0.05) is 6.07 Å². The smallest absolute Gasteiger partial charge is 0.352 e. The number of carboxylic acid groups (broad SMARTS) is 1. The van der Waals surface area contributed by atoms with E-state index in [4.69, 9.17) is 5.11 Å². The zero-order valence-electron chi connectivity index (χ0n) is 8.32. The number of nitrogens with one attached hydrogen (secondary N) is 2. The van der Waals surface area contributed by atoms with E-state index < -0.39 is 5.97 Å². The third-order valence-corrected chi connectivity index (χ3v) is 2.69. The Morgan fingerprint density at radius 1 is 1.19 bits per heavy atom. The zero-order valence-corrected chi connectivity index (χ0v) is 8.32. The van der Waals surface area contributed by atoms with Crippen LogP contribution in [-0.2, 0) is 0 Å². The molecule has 0 saturated heterocycles. The average molecular weight is 213 g/mol. The minimum absolute atomic E-state index is 0.196. The molecule has 2 heterocycles. The molecule has 0 aliphatic rings. The molecule has 0 radical (unpaired) electrons. The Labute approximate surface area is 90.5 Å². The second kappa shape index (κ2) is 3.06. The highest BCUT2D eigenvalue weighted by Gasteiger charge is 2.09. The van der Waals surface area contributed by atoms with E-state index in [0.717, 1.165) is 21.8 Å². The minimum Gasteiger partial charge on any atom is -0.477 e. The van der Waals surface area contributed by atoms with Crippen LogP contribution in [0.2, 0.25) is 0 Å². The minimum atomic E-state index is -0.950. The number of hydrogen-bond donors (Lipinski definition) is 2. The average Bonchev–Trinajstić information content (AvgIpc) is 2.76. The molecule has 0 saturated carbocycles. The van der Waals surface area contributed by atoms with E-state index in [1.165, 1.54) is 0 Å². The molecule has 4 heteroatoms. The van der Waals surface area contributed by atoms with E-state index in [1.807, 2.05) is 30.5 Å². The highest BCUT2D eigenvalue weighted by molar-refractivity contribution is 6.04. The number of pyridine rings is 1. The van der Waals surface area contributed by atoms with E-state index >= 15 is 0 Å². The number of carbonyl (C=O) groups is 1. The lowest BCUT2D eigenvalue weighted by molar-refractivity contribution is -0.341. The lowest BCUT2D eigenvalue weighted by Gasteiger charge is -2.00. The first-order chi connectivity index (χ1) is 7.75. The number of aromatic nitrogens is 2. The summed E-state index contributed by atoms with van der Waals surface area (Å²) in [5, 5.41) is 10.9. The molecule has 0 atom stereocenters. The maximum absolute atomic E-state index is 10.9. The van der Waals surface area contributed by atoms with Crippen LogP contribution in [0.5, 0.6) is 0 Å². The molecular formula is C12H9N2O2+. The molecule has 2 aromatic heterocycles. The Morgan fingerprint density at radius 2 is 2.00 bits per heavy atom. The molecular weight excluding hydrogens is 204 g/mol. The molecule has 0 aliphatic heterocycles. The predicted octanol–water partition coefficient (Wildman–Crippen LogP) is 1.83. The summed E-state index contributed by atoms with van der Waals surface area (Å²) in [6.45, 7) is 0. The van der Waals surface area contributed by atoms with Crippen LogP contribution in [0, 0.1) is 0 Å². The quantitative estimate of drug-likeness (QED) is 0.647. The largest absolute Gasteiger partial charge is 0.477 e. The van der Waals surface area contributed by atoms with Crippen molar-refractivity contribution >= 4 is 27.8 Å². The Hall–Kier alpha value is -2.36. The van der Waals surface area contributed by atoms with Gasteiger partial charge in [0.1, 0.15) is 5.69 Å². The molecule has 0 fully saturated rings. The van der Waals surface area contributed by atoms with Gasteiger partial charge in [0.15, 0.2) is 6.20 Å². The second-order valence-corrected chi connectivity index (χ2v) is 3.65. The number of hydrogen-bond acceptors (Lipinski definition) is 1. The van der Waals surface area contributed by atoms with Gasteiger partial charge in [0, 0.05) is 12.1 Å². The Kier molecular flexibility index (Phi) is 1.71. The van der Waals surface area contributed by atoms with Crippen LogP contribution in [0.25, 0.3) is 21.8 Å². The standard InChI is InChI=1S/C12H8N2O2/c15-12(16)10-4-2-7-1-3-9-8(5-6-13-9)11(7)14-10/h1-6,14H,(H,15,16)/p+1. The lowest BCUT2D eigenvalue weighted by Crippen LogP contribution is -2.00. The van der Waals surface area contributed by atoms with Gasteiger partial charge >= 0.3 is 5.97 Å². The summed E-state index contributed by atoms with van der Waals surface area (Å²) in [5.74, 6) is -0.950. The third kappa shape index (κ3) is 1.16. The van der Waals surface area contributed by atoms with Crippen LogP contribution in [-0.4, -0.2) is 16.1 Å². The lowest BCUT2D eigenvalue weighted by atomic mass is 10.1. The van der Waals surface area contributed by atoms with Gasteiger partial charge in [-0.2, -0.15) is 0 Å². The van der Waals surface area contributed by atoms with Crippen molar-refractivity contribution in [3.63, 3.8) is 0 Å². The van der Waals surface area contributed by atoms with Gasteiger partial charge in [0.25, 0.3) is 0 Å². The first-order valence-corrected chi connectivity index (χ1v) is 4.91. The maximum atomic E-state index is 10.9. The van der Waals surface area contributed by atoms with Crippen molar-refractivity contribution in [3.05, 3.63) is 42.2 Å². The number of fused-ring (bicyclic) bond motifs is 3. The molecule has 3 N–H and O–H groups in total. The third-order valence-electron chi connectivity index (χ3n) is 2.69. The summed E-state index contributed by atoms with van der Waals surface area (Å²) in [7, 11) is 0. The Balaban J connectivity index is 2.46. The van der Waals surface area contributed by atoms with Crippen LogP contribution in [0.15, 0.2) is 36.5 Å². The Morgan fingerprint density at radius 3 is 2.81 bits per heavy atom. The topological polar surface area (TPSA) is 67.2 Å². The van der Waals surface area contributed by atoms with Gasteiger partial charge in [-0.05, 0) is 17.5 Å². The van der Waals surface area contributed by atoms with Crippen LogP contribution in [0.3, 0.4) is 0 Å². The number of aromatic carboxylic acids is 1. The summed E-state index contributed by atoms with van der Waals surface area (Å²) in [6, 6.07) is 9.24. The van der Waals surface area contributed by atoms with E-state index in [2.05, 4.69) is 9.97 Å². The number of benzene rings is 1. The molecule has 3 aromatic rings. The summed E-state index contributed by atoms with van der Waals surface area (Å²) < 4.78 is 0. The van der Waals surface area contributed by atoms with Gasteiger partial charge in [0.05, 0.1) is 10.9 Å². The number of H-pyrrole nitrogens is 2. The second-order valence-electron chi connectivity index (χ2n) is 3.65. The molecule has 1 aromatic carbocycles. The van der Waals surface area contributed by atoms with Crippen molar-refractivity contribution in [1.29, 1.82) is 0 Å². The SMILES string of the molecule is O=C(O)c1ccc2ccc3[nH+]ccc3c2[nH]1. The van der Waals surface area contributed by atoms with Gasteiger partial charge in [0.2, 0.25) is 5.52 Å². The van der Waals surface area contributed by atoms with Crippen molar-refractivity contribution in [2.24, 2.45) is 0 Å². The number of rotatable bonds is 1. The van der Waals surface area contributed by atoms with Gasteiger partial charge in [-0.25, -0.2) is 9.78 Å². The van der Waals surface area contributed by atoms with Crippen molar-refractivity contribution in [2.45, 2.75) is 0 Å². The number of aromatic amines is 2. The van der Waals surface area contributed by atoms with Crippen molar-refractivity contribution in [1.82, 2.24) is 4.98 Å². The summed E-state index contributed by atoms with van der Waals surface area (Å²) in [4.78, 5) is 16.9. The monoisotopic (exact) mass is 213 g/mol. The molecule has 0 bridgehead atoms. The summed E-state index contributed by atoms with van der Waals surface area (Å²) in [6.07, 6.45) is 1.84. The highest BCUT2D eigenvalue weighted by atomic mass is 16.4. The highest BCUT2D eigenvalue weighted by Crippen LogP contribution is 2.21. The van der Waals surface area contributed by atoms with Crippen molar-refractivity contribution < 1.29 is 14.9 Å². The number of carboxylic acids is 1. The molecule has 0 unspecified atom stereocenters. The first kappa shape index (κ1) is 8.91. The van der Waals surface area contributed by atoms with Crippen molar-refractivity contribution in [3.8, 4) is 0 Å². The fourth-order valence-electron chi connectivity index (χ4n) is 1.90. The van der Waals surface area contributed by atoms with Gasteiger partial charge in [-0.3, -0.25) is 0 Å². The normalized spacial score (nSPS) is 11.0. The van der Waals surface area contributed by atoms with E-state index in [0.29, 0.717) is 0 Å². The first-order valence-electron chi connectivity index (χ1n) is 4.91. The molecule has 0 spiro atoms. The van der Waals surface area contributed by atoms with Gasteiger partial charge < -0.3 is 10.1 Å².